The molecule has 0 fully saturated rings. The van der Waals surface area contributed by atoms with E-state index in [9.17, 15) is 0 Å². The Hall–Kier alpha value is -6.32. The fourth-order valence-corrected chi connectivity index (χ4v) is 18.1. The second-order valence-corrected chi connectivity index (χ2v) is 24.4. The van der Waals surface area contributed by atoms with Crippen LogP contribution in [0.4, 0.5) is 51.2 Å². The molecule has 0 amide bonds. The van der Waals surface area contributed by atoms with E-state index in [0.29, 0.717) is 0 Å². The van der Waals surface area contributed by atoms with Gasteiger partial charge in [0.2, 0.25) is 0 Å². The minimum absolute atomic E-state index is 1.06. The van der Waals surface area contributed by atoms with Crippen molar-refractivity contribution in [1.29, 1.82) is 0 Å². The fraction of sp³-hybridized carbons (Fsp3) is 0.0182. The number of fused-ring (bicyclic) bond motifs is 4. The largest absolute Gasteiger partial charge is 0.310 e. The number of anilines is 9. The van der Waals surface area contributed by atoms with E-state index in [0.717, 1.165) is 61.8 Å². The quantitative estimate of drug-likeness (QED) is 0.140. The minimum atomic E-state index is -2.70. The summed E-state index contributed by atoms with van der Waals surface area (Å²) in [5, 5.41) is 7.05. The lowest BCUT2D eigenvalue weighted by Crippen LogP contribution is -2.46. The molecule has 11 rings (SSSR count). The topological polar surface area (TPSA) is 9.72 Å². The molecule has 2 unspecified atom stereocenters. The van der Waals surface area contributed by atoms with Crippen LogP contribution in [-0.4, -0.2) is 0 Å². The fourth-order valence-electron chi connectivity index (χ4n) is 9.30. The van der Waals surface area contributed by atoms with E-state index < -0.39 is 12.1 Å². The van der Waals surface area contributed by atoms with Crippen LogP contribution in [0.3, 0.4) is 0 Å². The molecule has 2 aliphatic rings. The van der Waals surface area contributed by atoms with Gasteiger partial charge in [0.15, 0.2) is 0 Å². The molecule has 298 valence electrons. The Bertz CT molecular complexity index is 2910. The van der Waals surface area contributed by atoms with Crippen LogP contribution >= 0.6 is 12.1 Å². The third kappa shape index (κ3) is 6.15. The molecule has 2 atom stereocenters. The smallest absolute Gasteiger partial charge is 0.0644 e. The molecular weight excluding hydrogens is 829 g/mol. The zero-order valence-corrected chi connectivity index (χ0v) is 37.4. The molecule has 9 aromatic rings. The summed E-state index contributed by atoms with van der Waals surface area (Å²) in [6.07, 6.45) is 0. The van der Waals surface area contributed by atoms with E-state index in [-0.39, 0.29) is 0 Å². The Labute approximate surface area is 374 Å². The zero-order chi connectivity index (χ0) is 41.8. The van der Waals surface area contributed by atoms with E-state index in [1.807, 2.05) is 0 Å². The van der Waals surface area contributed by atoms with Crippen molar-refractivity contribution in [2.24, 2.45) is 0 Å². The van der Waals surface area contributed by atoms with Crippen molar-refractivity contribution in [3.8, 4) is 0 Å². The molecule has 62 heavy (non-hydrogen) atoms. The number of para-hydroxylation sites is 4. The third-order valence-corrected chi connectivity index (χ3v) is 21.8. The lowest BCUT2D eigenvalue weighted by molar-refractivity contribution is 1.26. The molecule has 0 saturated carbocycles. The molecule has 0 bridgehead atoms. The summed E-state index contributed by atoms with van der Waals surface area (Å²) in [6, 6.07) is 77.5. The second-order valence-electron chi connectivity index (χ2n) is 15.7. The number of benzene rings is 9. The first-order valence-electron chi connectivity index (χ1n) is 20.8. The molecular formula is C55H41N3P2S2. The zero-order valence-electron chi connectivity index (χ0n) is 34.0. The first kappa shape index (κ1) is 38.6. The molecule has 0 aromatic heterocycles. The van der Waals surface area contributed by atoms with E-state index in [1.54, 1.807) is 0 Å². The number of rotatable bonds is 8. The van der Waals surface area contributed by atoms with Crippen LogP contribution in [0.1, 0.15) is 5.56 Å². The predicted octanol–water partition coefficient (Wildman–Crippen LogP) is 12.5. The van der Waals surface area contributed by atoms with Crippen LogP contribution in [0, 0.1) is 6.92 Å². The van der Waals surface area contributed by atoms with E-state index in [1.165, 1.54) is 26.8 Å². The summed E-state index contributed by atoms with van der Waals surface area (Å²) in [5.74, 6) is 0. The van der Waals surface area contributed by atoms with Gasteiger partial charge >= 0.3 is 0 Å². The number of aryl methyl sites for hydroxylation is 1. The summed E-state index contributed by atoms with van der Waals surface area (Å²) < 4.78 is 0. The highest BCUT2D eigenvalue weighted by Crippen LogP contribution is 2.62. The van der Waals surface area contributed by atoms with Crippen molar-refractivity contribution in [2.45, 2.75) is 6.92 Å². The molecule has 0 spiro atoms. The van der Waals surface area contributed by atoms with Gasteiger partial charge in [-0.15, -0.1) is 0 Å². The summed E-state index contributed by atoms with van der Waals surface area (Å²) >= 11 is 14.7. The van der Waals surface area contributed by atoms with Crippen molar-refractivity contribution in [2.75, 3.05) is 14.7 Å². The predicted molar refractivity (Wildman–Crippen MR) is 274 cm³/mol. The average molecular weight is 870 g/mol. The van der Waals surface area contributed by atoms with E-state index in [2.05, 4.69) is 252 Å². The van der Waals surface area contributed by atoms with Gasteiger partial charge in [0.1, 0.15) is 0 Å². The van der Waals surface area contributed by atoms with E-state index in [4.69, 9.17) is 23.6 Å². The van der Waals surface area contributed by atoms with E-state index >= 15 is 0 Å². The summed E-state index contributed by atoms with van der Waals surface area (Å²) in [5.41, 5.74) is 11.0. The average Bonchev–Trinajstić information content (AvgIpc) is 3.33. The minimum Gasteiger partial charge on any atom is -0.310 e. The highest BCUT2D eigenvalue weighted by Gasteiger charge is 2.46. The standard InChI is InChI=1S/C55H41N3P2S2/c1-40-36-53-55-54(37-40)60(62,48-30-18-7-19-31-48)52-39-46(57(43-24-12-4-13-25-43)44-26-14-5-15-27-44)33-35-50(52)58(55)49-34-32-45(38-51(49)59(53,61)47-28-16-6-17-29-47)56(41-20-8-2-9-21-41)42-22-10-3-11-23-42/h2-39H,1H3. The first-order valence-corrected chi connectivity index (χ1v) is 26.4. The summed E-state index contributed by atoms with van der Waals surface area (Å²) in [4.78, 5) is 7.19. The summed E-state index contributed by atoms with van der Waals surface area (Å²) in [7, 11) is 0. The molecule has 0 N–H and O–H groups in total. The molecule has 2 aliphatic heterocycles. The van der Waals surface area contributed by atoms with Crippen LogP contribution in [0.2, 0.25) is 0 Å². The SMILES string of the molecule is Cc1cc2c3c(c1)P(=S)(c1ccccc1)c1cc(N(c4ccccc4)c4ccccc4)ccc1N3c1ccc(N(c3ccccc3)c3ccccc3)cc1P2(=S)c1ccccc1. The maximum absolute atomic E-state index is 7.34. The lowest BCUT2D eigenvalue weighted by Gasteiger charge is -2.47. The normalized spacial score (nSPS) is 17.0. The van der Waals surface area contributed by atoms with Gasteiger partial charge in [-0.1, -0.05) is 157 Å². The van der Waals surface area contributed by atoms with Crippen LogP contribution in [-0.2, 0) is 23.6 Å². The van der Waals surface area contributed by atoms with Crippen molar-refractivity contribution < 1.29 is 0 Å². The monoisotopic (exact) mass is 869 g/mol. The maximum Gasteiger partial charge on any atom is 0.0644 e. The Morgan fingerprint density at radius 2 is 0.645 bits per heavy atom. The molecule has 3 nitrogen and oxygen atoms in total. The van der Waals surface area contributed by atoms with Gasteiger partial charge in [-0.25, -0.2) is 0 Å². The highest BCUT2D eigenvalue weighted by atomic mass is 32.4. The number of nitrogens with zero attached hydrogens (tertiary/aromatic N) is 3. The van der Waals surface area contributed by atoms with Gasteiger partial charge in [-0.05, 0) is 120 Å². The van der Waals surface area contributed by atoms with Crippen molar-refractivity contribution in [1.82, 2.24) is 0 Å². The van der Waals surface area contributed by atoms with Crippen LogP contribution in [0.25, 0.3) is 0 Å². The third-order valence-electron chi connectivity index (χ3n) is 12.0. The maximum atomic E-state index is 7.34. The van der Waals surface area contributed by atoms with Gasteiger partial charge in [-0.2, -0.15) is 0 Å². The second kappa shape index (κ2) is 15.5. The van der Waals surface area contributed by atoms with Crippen LogP contribution in [0.15, 0.2) is 231 Å². The highest BCUT2D eigenvalue weighted by molar-refractivity contribution is 8.27. The van der Waals surface area contributed by atoms with Gasteiger partial charge in [0, 0.05) is 67.4 Å². The van der Waals surface area contributed by atoms with Gasteiger partial charge < -0.3 is 14.7 Å². The van der Waals surface area contributed by atoms with Crippen LogP contribution < -0.4 is 46.5 Å². The molecule has 0 saturated heterocycles. The summed E-state index contributed by atoms with van der Waals surface area (Å²) in [6.45, 7) is 2.22. The molecule has 0 aliphatic carbocycles. The van der Waals surface area contributed by atoms with Gasteiger partial charge in [0.25, 0.3) is 0 Å². The Balaban J connectivity index is 1.22. The van der Waals surface area contributed by atoms with Crippen LogP contribution in [0.5, 0.6) is 0 Å². The Morgan fingerprint density at radius 3 is 0.968 bits per heavy atom. The molecule has 2 heterocycles. The van der Waals surface area contributed by atoms with Gasteiger partial charge in [-0.3, -0.25) is 0 Å². The first-order chi connectivity index (χ1) is 30.4. The van der Waals surface area contributed by atoms with Gasteiger partial charge in [0.05, 0.1) is 17.1 Å². The molecule has 7 heteroatoms. The van der Waals surface area contributed by atoms with Crippen molar-refractivity contribution in [3.05, 3.63) is 236 Å². The Morgan fingerprint density at radius 1 is 0.339 bits per heavy atom. The number of hydrogen-bond donors (Lipinski definition) is 0. The number of hydrogen-bond acceptors (Lipinski definition) is 5. The Kier molecular flexibility index (Phi) is 9.68. The lowest BCUT2D eigenvalue weighted by atomic mass is 10.1. The molecule has 9 aromatic carbocycles. The molecule has 0 radical (unpaired) electrons. The van der Waals surface area contributed by atoms with Crippen molar-refractivity contribution in [3.63, 3.8) is 0 Å². The van der Waals surface area contributed by atoms with Crippen molar-refractivity contribution >= 4 is 119 Å².